The van der Waals surface area contributed by atoms with Gasteiger partial charge in [0.25, 0.3) is 11.7 Å². The van der Waals surface area contributed by atoms with Crippen molar-refractivity contribution in [2.45, 2.75) is 12.5 Å². The Balaban J connectivity index is 1.63. The summed E-state index contributed by atoms with van der Waals surface area (Å²) in [6, 6.07) is 13.6. The molecule has 0 radical (unpaired) electrons. The number of carbonyl (C=O) groups is 2. The molecule has 7 nitrogen and oxygen atoms in total. The molecule has 2 N–H and O–H groups in total. The summed E-state index contributed by atoms with van der Waals surface area (Å²) in [6.45, 7) is 4.75. The third-order valence-corrected chi connectivity index (χ3v) is 5.68. The van der Waals surface area contributed by atoms with Gasteiger partial charge in [0.05, 0.1) is 31.0 Å². The number of hydrogen-bond acceptors (Lipinski definition) is 5. The third kappa shape index (κ3) is 4.13. The van der Waals surface area contributed by atoms with E-state index in [9.17, 15) is 14.7 Å². The Bertz CT molecular complexity index is 924. The van der Waals surface area contributed by atoms with Crippen LogP contribution < -0.4 is 4.90 Å². The highest BCUT2D eigenvalue weighted by atomic mass is 16.5. The van der Waals surface area contributed by atoms with Crippen molar-refractivity contribution in [1.29, 1.82) is 0 Å². The molecule has 2 aliphatic rings. The lowest BCUT2D eigenvalue weighted by atomic mass is 9.98. The highest BCUT2D eigenvalue weighted by Crippen LogP contribution is 2.38. The minimum absolute atomic E-state index is 0.101. The van der Waals surface area contributed by atoms with Crippen molar-refractivity contribution in [2.24, 2.45) is 0 Å². The van der Waals surface area contributed by atoms with Gasteiger partial charge < -0.3 is 19.6 Å². The SMILES string of the molecule is O=C1C(=O)N(CCC[NH+]2CCOCC2)[C@@H](c2ccccn2)C1=C(O)c1ccccc1. The molecule has 156 valence electrons. The maximum atomic E-state index is 12.9. The Morgan fingerprint density at radius 1 is 1.10 bits per heavy atom. The number of aliphatic hydroxyl groups is 1. The summed E-state index contributed by atoms with van der Waals surface area (Å²) in [4.78, 5) is 33.2. The van der Waals surface area contributed by atoms with Gasteiger partial charge in [-0.15, -0.1) is 0 Å². The Morgan fingerprint density at radius 3 is 2.53 bits per heavy atom. The van der Waals surface area contributed by atoms with Gasteiger partial charge in [-0.1, -0.05) is 36.4 Å². The zero-order valence-electron chi connectivity index (χ0n) is 16.8. The summed E-state index contributed by atoms with van der Waals surface area (Å²) < 4.78 is 5.40. The van der Waals surface area contributed by atoms with Gasteiger partial charge in [-0.2, -0.15) is 0 Å². The molecule has 0 bridgehead atoms. The molecule has 2 aromatic rings. The number of ether oxygens (including phenoxy) is 1. The topological polar surface area (TPSA) is 84.2 Å². The van der Waals surface area contributed by atoms with E-state index < -0.39 is 17.7 Å². The molecule has 7 heteroatoms. The summed E-state index contributed by atoms with van der Waals surface area (Å²) >= 11 is 0. The van der Waals surface area contributed by atoms with Gasteiger partial charge in [-0.25, -0.2) is 0 Å². The number of pyridine rings is 1. The van der Waals surface area contributed by atoms with E-state index in [0.29, 0.717) is 17.8 Å². The zero-order chi connectivity index (χ0) is 20.9. The fourth-order valence-electron chi connectivity index (χ4n) is 4.12. The number of amides is 1. The monoisotopic (exact) mass is 408 g/mol. The van der Waals surface area contributed by atoms with E-state index in [1.54, 1.807) is 47.5 Å². The average molecular weight is 408 g/mol. The second kappa shape index (κ2) is 9.19. The molecule has 2 aliphatic heterocycles. The predicted molar refractivity (Wildman–Crippen MR) is 111 cm³/mol. The van der Waals surface area contributed by atoms with Gasteiger partial charge in [0.2, 0.25) is 0 Å². The minimum Gasteiger partial charge on any atom is -0.507 e. The number of carbonyl (C=O) groups excluding carboxylic acids is 2. The summed E-state index contributed by atoms with van der Waals surface area (Å²) in [5.41, 5.74) is 1.19. The molecule has 30 heavy (non-hydrogen) atoms. The van der Waals surface area contributed by atoms with Crippen LogP contribution in [0.3, 0.4) is 0 Å². The number of hydrogen-bond donors (Lipinski definition) is 2. The normalized spacial score (nSPS) is 21.9. The molecule has 3 heterocycles. The van der Waals surface area contributed by atoms with Crippen LogP contribution in [-0.2, 0) is 14.3 Å². The van der Waals surface area contributed by atoms with E-state index >= 15 is 0 Å². The number of aromatic nitrogens is 1. The van der Waals surface area contributed by atoms with Gasteiger partial charge in [0.1, 0.15) is 24.9 Å². The van der Waals surface area contributed by atoms with Crippen molar-refractivity contribution >= 4 is 17.4 Å². The maximum Gasteiger partial charge on any atom is 0.295 e. The van der Waals surface area contributed by atoms with E-state index in [0.717, 1.165) is 39.3 Å². The first-order valence-corrected chi connectivity index (χ1v) is 10.3. The second-order valence-electron chi connectivity index (χ2n) is 7.58. The molecule has 0 spiro atoms. The lowest BCUT2D eigenvalue weighted by Gasteiger charge is -2.27. The van der Waals surface area contributed by atoms with Crippen molar-refractivity contribution in [1.82, 2.24) is 9.88 Å². The van der Waals surface area contributed by atoms with Crippen LogP contribution in [0.1, 0.15) is 23.7 Å². The molecule has 1 atom stereocenters. The number of likely N-dealkylation sites (tertiary alicyclic amines) is 1. The third-order valence-electron chi connectivity index (χ3n) is 5.68. The van der Waals surface area contributed by atoms with E-state index in [1.165, 1.54) is 4.90 Å². The first-order valence-electron chi connectivity index (χ1n) is 10.3. The quantitative estimate of drug-likeness (QED) is 0.420. The molecular weight excluding hydrogens is 382 g/mol. The number of rotatable bonds is 6. The molecule has 1 aromatic heterocycles. The van der Waals surface area contributed by atoms with Crippen LogP contribution in [0.25, 0.3) is 5.76 Å². The number of aliphatic hydroxyl groups excluding tert-OH is 1. The van der Waals surface area contributed by atoms with Crippen LogP contribution in [0, 0.1) is 0 Å². The average Bonchev–Trinajstić information content (AvgIpc) is 3.05. The fourth-order valence-corrected chi connectivity index (χ4v) is 4.12. The molecule has 0 unspecified atom stereocenters. The summed E-state index contributed by atoms with van der Waals surface area (Å²) in [6.07, 6.45) is 2.40. The number of Topliss-reactive ketones (excluding diaryl/α,β-unsaturated/α-hetero) is 1. The van der Waals surface area contributed by atoms with Gasteiger partial charge in [0.15, 0.2) is 0 Å². The summed E-state index contributed by atoms with van der Waals surface area (Å²) in [5.74, 6) is -1.41. The van der Waals surface area contributed by atoms with Crippen molar-refractivity contribution in [2.75, 3.05) is 39.4 Å². The number of morpholine rings is 1. The van der Waals surface area contributed by atoms with Gasteiger partial charge in [-0.05, 0) is 12.1 Å². The molecule has 1 aromatic carbocycles. The highest BCUT2D eigenvalue weighted by molar-refractivity contribution is 6.46. The van der Waals surface area contributed by atoms with E-state index in [2.05, 4.69) is 4.98 Å². The molecular formula is C23H26N3O4+. The van der Waals surface area contributed by atoms with Crippen LogP contribution in [0.2, 0.25) is 0 Å². The molecule has 1 amide bonds. The molecule has 0 aliphatic carbocycles. The summed E-state index contributed by atoms with van der Waals surface area (Å²) in [5, 5.41) is 10.9. The smallest absolute Gasteiger partial charge is 0.295 e. The Morgan fingerprint density at radius 2 is 1.83 bits per heavy atom. The molecule has 2 fully saturated rings. The Kier molecular flexibility index (Phi) is 6.21. The van der Waals surface area contributed by atoms with E-state index in [1.807, 2.05) is 12.1 Å². The highest BCUT2D eigenvalue weighted by Gasteiger charge is 2.46. The first-order chi connectivity index (χ1) is 14.7. The molecule has 0 saturated carbocycles. The number of nitrogens with zero attached hydrogens (tertiary/aromatic N) is 2. The molecule has 2 saturated heterocycles. The Labute approximate surface area is 175 Å². The van der Waals surface area contributed by atoms with Crippen molar-refractivity contribution in [3.8, 4) is 0 Å². The maximum absolute atomic E-state index is 12.9. The van der Waals surface area contributed by atoms with Crippen LogP contribution in [0.4, 0.5) is 0 Å². The van der Waals surface area contributed by atoms with Gasteiger partial charge >= 0.3 is 0 Å². The number of benzene rings is 1. The molecule has 4 rings (SSSR count). The van der Waals surface area contributed by atoms with Crippen molar-refractivity contribution in [3.63, 3.8) is 0 Å². The lowest BCUT2D eigenvalue weighted by molar-refractivity contribution is -0.908. The van der Waals surface area contributed by atoms with Crippen LogP contribution in [0.5, 0.6) is 0 Å². The lowest BCUT2D eigenvalue weighted by Crippen LogP contribution is -3.14. The van der Waals surface area contributed by atoms with E-state index in [-0.39, 0.29) is 11.3 Å². The largest absolute Gasteiger partial charge is 0.507 e. The minimum atomic E-state index is -0.689. The standard InChI is InChI=1S/C23H25N3O4/c27-21(17-7-2-1-3-8-17)19-20(18-9-4-5-10-24-18)26(23(29)22(19)28)12-6-11-25-13-15-30-16-14-25/h1-5,7-10,20,27H,6,11-16H2/p+1/t20-/m0/s1. The first kappa shape index (κ1) is 20.3. The number of quaternary nitrogens is 1. The fraction of sp³-hybridized carbons (Fsp3) is 0.348. The summed E-state index contributed by atoms with van der Waals surface area (Å²) in [7, 11) is 0. The van der Waals surface area contributed by atoms with Crippen molar-refractivity contribution in [3.05, 3.63) is 71.6 Å². The van der Waals surface area contributed by atoms with Gasteiger partial charge in [-0.3, -0.25) is 14.6 Å². The number of ketones is 1. The van der Waals surface area contributed by atoms with Crippen LogP contribution in [0.15, 0.2) is 60.3 Å². The van der Waals surface area contributed by atoms with Crippen LogP contribution >= 0.6 is 0 Å². The van der Waals surface area contributed by atoms with Gasteiger partial charge in [0, 0.05) is 24.7 Å². The van der Waals surface area contributed by atoms with E-state index in [4.69, 9.17) is 4.74 Å². The second-order valence-corrected chi connectivity index (χ2v) is 7.58. The van der Waals surface area contributed by atoms with Crippen molar-refractivity contribution < 1.29 is 24.3 Å². The predicted octanol–water partition coefficient (Wildman–Crippen LogP) is 0.809. The van der Waals surface area contributed by atoms with Crippen LogP contribution in [-0.4, -0.2) is 66.1 Å². The zero-order valence-corrected chi connectivity index (χ0v) is 16.8. The number of nitrogens with one attached hydrogen (secondary N) is 1. The Hall–Kier alpha value is -3.03.